The fraction of sp³-hybridized carbons (Fsp3) is 0.250. The molecule has 3 aromatic heterocycles. The van der Waals surface area contributed by atoms with Crippen molar-refractivity contribution < 1.29 is 0 Å². The van der Waals surface area contributed by atoms with Gasteiger partial charge in [0.15, 0.2) is 0 Å². The fourth-order valence-electron chi connectivity index (χ4n) is 2.88. The fourth-order valence-corrected chi connectivity index (χ4v) is 2.88. The summed E-state index contributed by atoms with van der Waals surface area (Å²) in [6.07, 6.45) is 7.39. The molecule has 0 radical (unpaired) electrons. The summed E-state index contributed by atoms with van der Waals surface area (Å²) >= 11 is 0. The van der Waals surface area contributed by atoms with Crippen LogP contribution in [0.3, 0.4) is 0 Å². The van der Waals surface area contributed by atoms with E-state index in [0.29, 0.717) is 0 Å². The Bertz CT molecular complexity index is 792. The van der Waals surface area contributed by atoms with E-state index in [9.17, 15) is 0 Å². The number of aryl methyl sites for hydroxylation is 2. The molecule has 4 rings (SSSR count). The lowest BCUT2D eigenvalue weighted by atomic mass is 10.0. The minimum Gasteiger partial charge on any atom is -0.268 e. The molecule has 104 valence electrons. The normalized spacial score (nSPS) is 13.4. The van der Waals surface area contributed by atoms with Crippen LogP contribution in [0.2, 0.25) is 0 Å². The number of rotatable bonds is 2. The van der Waals surface area contributed by atoms with Gasteiger partial charge in [0.05, 0.1) is 23.1 Å². The number of nitrogens with zero attached hydrogens (tertiary/aromatic N) is 5. The smallest absolute Gasteiger partial charge is 0.120 e. The number of aromatic nitrogens is 5. The summed E-state index contributed by atoms with van der Waals surface area (Å²) in [5, 5.41) is 4.76. The standard InChI is InChI=1S/C16H15N5/c1-11-4-2-5-12(19-11)16-15(13-10-17-7-8-18-13)14-6-3-9-21(14)20-16/h2,4-5,7-8,10H,3,6,9H2,1H3. The largest absolute Gasteiger partial charge is 0.268 e. The minimum atomic E-state index is 0.874. The first-order chi connectivity index (χ1) is 10.3. The zero-order valence-corrected chi connectivity index (χ0v) is 11.8. The van der Waals surface area contributed by atoms with Gasteiger partial charge in [0, 0.05) is 30.3 Å². The summed E-state index contributed by atoms with van der Waals surface area (Å²) in [7, 11) is 0. The molecule has 0 saturated heterocycles. The molecular weight excluding hydrogens is 262 g/mol. The van der Waals surface area contributed by atoms with E-state index < -0.39 is 0 Å². The van der Waals surface area contributed by atoms with E-state index >= 15 is 0 Å². The van der Waals surface area contributed by atoms with E-state index in [0.717, 1.165) is 47.7 Å². The van der Waals surface area contributed by atoms with E-state index in [1.807, 2.05) is 25.1 Å². The van der Waals surface area contributed by atoms with Gasteiger partial charge in [-0.1, -0.05) is 6.07 Å². The number of pyridine rings is 1. The average Bonchev–Trinajstić information content (AvgIpc) is 3.08. The van der Waals surface area contributed by atoms with Crippen LogP contribution in [0.1, 0.15) is 17.8 Å². The molecule has 0 spiro atoms. The predicted octanol–water partition coefficient (Wildman–Crippen LogP) is 2.66. The quantitative estimate of drug-likeness (QED) is 0.722. The summed E-state index contributed by atoms with van der Waals surface area (Å²) in [4.78, 5) is 13.3. The van der Waals surface area contributed by atoms with Gasteiger partial charge in [-0.15, -0.1) is 0 Å². The molecule has 1 aliphatic rings. The van der Waals surface area contributed by atoms with Crippen molar-refractivity contribution in [3.05, 3.63) is 48.2 Å². The number of hydrogen-bond donors (Lipinski definition) is 0. The van der Waals surface area contributed by atoms with Crippen molar-refractivity contribution in [1.82, 2.24) is 24.7 Å². The molecule has 5 nitrogen and oxygen atoms in total. The van der Waals surface area contributed by atoms with Crippen molar-refractivity contribution in [3.63, 3.8) is 0 Å². The summed E-state index contributed by atoms with van der Waals surface area (Å²) in [5.41, 5.74) is 6.00. The lowest BCUT2D eigenvalue weighted by Crippen LogP contribution is -1.95. The SMILES string of the molecule is Cc1cccc(-c2nn3c(c2-c2cnccn2)CCC3)n1. The lowest BCUT2D eigenvalue weighted by molar-refractivity contribution is 0.658. The molecule has 0 amide bonds. The molecule has 0 bridgehead atoms. The Balaban J connectivity index is 1.96. The van der Waals surface area contributed by atoms with Gasteiger partial charge in [0.1, 0.15) is 5.69 Å². The van der Waals surface area contributed by atoms with Crippen LogP contribution in [-0.2, 0) is 13.0 Å². The molecule has 1 aliphatic heterocycles. The van der Waals surface area contributed by atoms with E-state index in [1.165, 1.54) is 5.69 Å². The van der Waals surface area contributed by atoms with Gasteiger partial charge >= 0.3 is 0 Å². The molecule has 0 unspecified atom stereocenters. The highest BCUT2D eigenvalue weighted by Gasteiger charge is 2.25. The molecule has 4 heterocycles. The molecule has 0 atom stereocenters. The van der Waals surface area contributed by atoms with Crippen LogP contribution >= 0.6 is 0 Å². The second-order valence-electron chi connectivity index (χ2n) is 5.25. The number of fused-ring (bicyclic) bond motifs is 1. The first-order valence-corrected chi connectivity index (χ1v) is 7.13. The maximum atomic E-state index is 4.76. The van der Waals surface area contributed by atoms with Crippen molar-refractivity contribution in [2.24, 2.45) is 0 Å². The molecule has 21 heavy (non-hydrogen) atoms. The molecule has 0 aliphatic carbocycles. The van der Waals surface area contributed by atoms with Gasteiger partial charge < -0.3 is 0 Å². The molecule has 0 aromatic carbocycles. The Morgan fingerprint density at radius 2 is 2.10 bits per heavy atom. The van der Waals surface area contributed by atoms with Crippen LogP contribution in [0.4, 0.5) is 0 Å². The highest BCUT2D eigenvalue weighted by Crippen LogP contribution is 2.35. The molecule has 3 aromatic rings. The summed E-state index contributed by atoms with van der Waals surface area (Å²) in [6.45, 7) is 2.96. The average molecular weight is 277 g/mol. The van der Waals surface area contributed by atoms with Crippen LogP contribution in [0.25, 0.3) is 22.6 Å². The van der Waals surface area contributed by atoms with Gasteiger partial charge in [0.2, 0.25) is 0 Å². The minimum absolute atomic E-state index is 0.874. The Hall–Kier alpha value is -2.56. The zero-order valence-electron chi connectivity index (χ0n) is 11.8. The summed E-state index contributed by atoms with van der Waals surface area (Å²) < 4.78 is 2.09. The van der Waals surface area contributed by atoms with Crippen molar-refractivity contribution in [2.45, 2.75) is 26.3 Å². The van der Waals surface area contributed by atoms with Gasteiger partial charge in [-0.05, 0) is 31.9 Å². The predicted molar refractivity (Wildman–Crippen MR) is 79.5 cm³/mol. The third-order valence-corrected chi connectivity index (χ3v) is 3.79. The van der Waals surface area contributed by atoms with Crippen LogP contribution in [0.15, 0.2) is 36.8 Å². The second kappa shape index (κ2) is 4.77. The molecule has 0 N–H and O–H groups in total. The van der Waals surface area contributed by atoms with Crippen molar-refractivity contribution in [3.8, 4) is 22.6 Å². The van der Waals surface area contributed by atoms with Gasteiger partial charge in [0.25, 0.3) is 0 Å². The zero-order chi connectivity index (χ0) is 14.2. The van der Waals surface area contributed by atoms with Crippen LogP contribution in [-0.4, -0.2) is 24.7 Å². The lowest BCUT2D eigenvalue weighted by Gasteiger charge is -2.04. The third kappa shape index (κ3) is 2.01. The Morgan fingerprint density at radius 1 is 1.14 bits per heavy atom. The summed E-state index contributed by atoms with van der Waals surface area (Å²) in [6, 6.07) is 6.02. The monoisotopic (exact) mass is 277 g/mol. The van der Waals surface area contributed by atoms with Crippen LogP contribution < -0.4 is 0 Å². The van der Waals surface area contributed by atoms with Crippen LogP contribution in [0, 0.1) is 6.92 Å². The van der Waals surface area contributed by atoms with E-state index in [2.05, 4.69) is 19.6 Å². The Kier molecular flexibility index (Phi) is 2.77. The number of hydrogen-bond acceptors (Lipinski definition) is 4. The third-order valence-electron chi connectivity index (χ3n) is 3.79. The highest BCUT2D eigenvalue weighted by atomic mass is 15.3. The van der Waals surface area contributed by atoms with Crippen LogP contribution in [0.5, 0.6) is 0 Å². The van der Waals surface area contributed by atoms with Crippen molar-refractivity contribution >= 4 is 0 Å². The van der Waals surface area contributed by atoms with Crippen molar-refractivity contribution in [2.75, 3.05) is 0 Å². The van der Waals surface area contributed by atoms with E-state index in [4.69, 9.17) is 5.10 Å². The molecule has 5 heteroatoms. The Labute approximate surface area is 122 Å². The van der Waals surface area contributed by atoms with Crippen molar-refractivity contribution in [1.29, 1.82) is 0 Å². The van der Waals surface area contributed by atoms with E-state index in [-0.39, 0.29) is 0 Å². The Morgan fingerprint density at radius 3 is 2.90 bits per heavy atom. The topological polar surface area (TPSA) is 56.5 Å². The molecular formula is C16H15N5. The molecule has 0 fully saturated rings. The first kappa shape index (κ1) is 12.2. The maximum absolute atomic E-state index is 4.76. The van der Waals surface area contributed by atoms with Gasteiger partial charge in [-0.2, -0.15) is 5.10 Å². The second-order valence-corrected chi connectivity index (χ2v) is 5.25. The maximum Gasteiger partial charge on any atom is 0.120 e. The highest BCUT2D eigenvalue weighted by molar-refractivity contribution is 5.79. The van der Waals surface area contributed by atoms with E-state index in [1.54, 1.807) is 18.6 Å². The molecule has 0 saturated carbocycles. The summed E-state index contributed by atoms with van der Waals surface area (Å²) in [5.74, 6) is 0. The first-order valence-electron chi connectivity index (χ1n) is 7.13. The van der Waals surface area contributed by atoms with Gasteiger partial charge in [-0.25, -0.2) is 0 Å². The van der Waals surface area contributed by atoms with Gasteiger partial charge in [-0.3, -0.25) is 19.6 Å².